The zero-order chi connectivity index (χ0) is 22.5. The Hall–Kier alpha value is -1.20. The Bertz CT molecular complexity index is 720. The van der Waals surface area contributed by atoms with E-state index in [9.17, 15) is 5.11 Å². The van der Waals surface area contributed by atoms with E-state index in [0.29, 0.717) is 5.41 Å². The molecule has 2 N–H and O–H groups in total. The van der Waals surface area contributed by atoms with Crippen LogP contribution in [-0.2, 0) is 13.0 Å². The van der Waals surface area contributed by atoms with Crippen molar-refractivity contribution in [3.63, 3.8) is 0 Å². The summed E-state index contributed by atoms with van der Waals surface area (Å²) in [6, 6.07) is 0. The number of hydrogen-bond donors (Lipinski definition) is 2. The largest absolute Gasteiger partial charge is 0.396 e. The van der Waals surface area contributed by atoms with Crippen LogP contribution in [0, 0.1) is 23.2 Å². The van der Waals surface area contributed by atoms with Crippen LogP contribution in [0.1, 0.15) is 97.6 Å². The van der Waals surface area contributed by atoms with Crippen LogP contribution in [0.25, 0.3) is 0 Å². The van der Waals surface area contributed by atoms with Gasteiger partial charge in [-0.3, -0.25) is 0 Å². The van der Waals surface area contributed by atoms with Gasteiger partial charge in [0.25, 0.3) is 0 Å². The molecule has 2 fully saturated rings. The molecule has 0 spiro atoms. The second-order valence-corrected chi connectivity index (χ2v) is 11.2. The summed E-state index contributed by atoms with van der Waals surface area (Å²) >= 11 is 0. The van der Waals surface area contributed by atoms with Crippen molar-refractivity contribution < 1.29 is 10.2 Å². The van der Waals surface area contributed by atoms with Crippen molar-refractivity contribution >= 4 is 0 Å². The Morgan fingerprint density at radius 3 is 2.84 bits per heavy atom. The molecular formula is C26H45N3O2. The van der Waals surface area contributed by atoms with Crippen LogP contribution < -0.4 is 0 Å². The van der Waals surface area contributed by atoms with Crippen LogP contribution in [0.5, 0.6) is 0 Å². The minimum atomic E-state index is -0.539. The van der Waals surface area contributed by atoms with E-state index in [2.05, 4.69) is 36.4 Å². The van der Waals surface area contributed by atoms with E-state index >= 15 is 0 Å². The van der Waals surface area contributed by atoms with E-state index in [0.717, 1.165) is 62.1 Å². The summed E-state index contributed by atoms with van der Waals surface area (Å²) in [4.78, 5) is 0. The molecular weight excluding hydrogens is 386 g/mol. The number of aliphatic hydroxyl groups is 2. The van der Waals surface area contributed by atoms with Gasteiger partial charge in [-0.15, -0.1) is 5.10 Å². The van der Waals surface area contributed by atoms with E-state index in [-0.39, 0.29) is 6.61 Å². The first kappa shape index (κ1) is 24.4. The number of aryl methyl sites for hydroxylation is 1. The molecule has 5 nitrogen and oxygen atoms in total. The van der Waals surface area contributed by atoms with Gasteiger partial charge in [0, 0.05) is 12.8 Å². The Labute approximate surface area is 189 Å². The van der Waals surface area contributed by atoms with E-state index in [4.69, 9.17) is 5.11 Å². The monoisotopic (exact) mass is 431 g/mol. The molecule has 0 amide bonds. The minimum absolute atomic E-state index is 0.249. The number of allylic oxidation sites excluding steroid dienone is 2. The van der Waals surface area contributed by atoms with Gasteiger partial charge in [-0.2, -0.15) is 0 Å². The van der Waals surface area contributed by atoms with Gasteiger partial charge in [-0.25, -0.2) is 4.68 Å². The van der Waals surface area contributed by atoms with Crippen LogP contribution in [0.4, 0.5) is 0 Å². The molecule has 31 heavy (non-hydrogen) atoms. The highest BCUT2D eigenvalue weighted by molar-refractivity contribution is 5.18. The SMILES string of the molecule is CC(CCCC(C)(C)O)[C@H]1CC[C@H]2/C(=C/Cn3cc(CCCCO)nn3)CCC[C@]12C. The molecule has 1 aromatic rings. The quantitative estimate of drug-likeness (QED) is 0.368. The molecule has 4 atom stereocenters. The van der Waals surface area contributed by atoms with Gasteiger partial charge in [-0.05, 0) is 94.8 Å². The predicted octanol–water partition coefficient (Wildman–Crippen LogP) is 5.31. The molecule has 176 valence electrons. The highest BCUT2D eigenvalue weighted by atomic mass is 16.3. The average Bonchev–Trinajstić information content (AvgIpc) is 3.29. The molecule has 3 rings (SSSR count). The summed E-state index contributed by atoms with van der Waals surface area (Å²) in [5.41, 5.74) is 2.57. The lowest BCUT2D eigenvalue weighted by atomic mass is 9.60. The second kappa shape index (κ2) is 10.6. The Kier molecular flexibility index (Phi) is 8.37. The van der Waals surface area contributed by atoms with Gasteiger partial charge in [0.1, 0.15) is 0 Å². The molecule has 2 saturated carbocycles. The lowest BCUT2D eigenvalue weighted by molar-refractivity contribution is 0.0596. The summed E-state index contributed by atoms with van der Waals surface area (Å²) in [6.45, 7) is 9.93. The maximum absolute atomic E-state index is 10.0. The predicted molar refractivity (Wildman–Crippen MR) is 126 cm³/mol. The average molecular weight is 432 g/mol. The molecule has 0 bridgehead atoms. The molecule has 2 aliphatic carbocycles. The van der Waals surface area contributed by atoms with E-state index in [1.165, 1.54) is 38.5 Å². The first-order valence-electron chi connectivity index (χ1n) is 12.6. The highest BCUT2D eigenvalue weighted by Gasteiger charge is 2.50. The van der Waals surface area contributed by atoms with Gasteiger partial charge in [0.15, 0.2) is 0 Å². The number of hydrogen-bond acceptors (Lipinski definition) is 4. The molecule has 0 radical (unpaired) electrons. The number of aliphatic hydroxyl groups excluding tert-OH is 1. The maximum Gasteiger partial charge on any atom is 0.0827 e. The summed E-state index contributed by atoms with van der Waals surface area (Å²) in [5, 5.41) is 27.6. The minimum Gasteiger partial charge on any atom is -0.396 e. The van der Waals surface area contributed by atoms with Crippen molar-refractivity contribution in [1.29, 1.82) is 0 Å². The number of unbranched alkanes of at least 4 members (excludes halogenated alkanes) is 1. The lowest BCUT2D eigenvalue weighted by Gasteiger charge is -2.44. The van der Waals surface area contributed by atoms with Crippen molar-refractivity contribution in [2.75, 3.05) is 6.61 Å². The van der Waals surface area contributed by atoms with Gasteiger partial charge in [0.2, 0.25) is 0 Å². The molecule has 1 aromatic heterocycles. The van der Waals surface area contributed by atoms with Crippen LogP contribution in [0.3, 0.4) is 0 Å². The van der Waals surface area contributed by atoms with Crippen molar-refractivity contribution in [2.24, 2.45) is 23.2 Å². The van der Waals surface area contributed by atoms with Crippen LogP contribution in [0.2, 0.25) is 0 Å². The third-order valence-corrected chi connectivity index (χ3v) is 8.14. The van der Waals surface area contributed by atoms with Crippen LogP contribution >= 0.6 is 0 Å². The van der Waals surface area contributed by atoms with Gasteiger partial charge in [-0.1, -0.05) is 43.6 Å². The molecule has 1 unspecified atom stereocenters. The molecule has 5 heteroatoms. The summed E-state index contributed by atoms with van der Waals surface area (Å²) in [7, 11) is 0. The highest BCUT2D eigenvalue weighted by Crippen LogP contribution is 2.59. The van der Waals surface area contributed by atoms with Crippen LogP contribution in [0.15, 0.2) is 17.8 Å². The first-order chi connectivity index (χ1) is 14.7. The zero-order valence-electron chi connectivity index (χ0n) is 20.3. The normalized spacial score (nSPS) is 28.8. The van der Waals surface area contributed by atoms with Crippen molar-refractivity contribution in [1.82, 2.24) is 15.0 Å². The number of nitrogens with zero attached hydrogens (tertiary/aromatic N) is 3. The fourth-order valence-electron chi connectivity index (χ4n) is 6.49. The second-order valence-electron chi connectivity index (χ2n) is 11.2. The topological polar surface area (TPSA) is 71.2 Å². The Morgan fingerprint density at radius 2 is 2.10 bits per heavy atom. The summed E-state index contributed by atoms with van der Waals surface area (Å²) < 4.78 is 1.97. The van der Waals surface area contributed by atoms with Gasteiger partial charge in [0.05, 0.1) is 17.8 Å². The number of aromatic nitrogens is 3. The number of rotatable bonds is 11. The standard InChI is InChI=1S/C26H45N3O2/c1-20(9-7-15-25(2,3)31)23-12-13-24-21(10-8-16-26(23,24)4)14-17-29-19-22(27-28-29)11-5-6-18-30/h14,19-20,23-24,30-31H,5-13,15-18H2,1-4H3/b21-14+/t20?,23-,24+,26-/m1/s1. The fraction of sp³-hybridized carbons (Fsp3) is 0.846. The summed E-state index contributed by atoms with van der Waals surface area (Å²) in [6.07, 6.45) is 17.0. The fourth-order valence-corrected chi connectivity index (χ4v) is 6.49. The summed E-state index contributed by atoms with van der Waals surface area (Å²) in [5.74, 6) is 2.25. The number of fused-ring (bicyclic) bond motifs is 1. The molecule has 0 aromatic carbocycles. The Balaban J connectivity index is 1.58. The van der Waals surface area contributed by atoms with Gasteiger partial charge >= 0.3 is 0 Å². The van der Waals surface area contributed by atoms with Gasteiger partial charge < -0.3 is 10.2 Å². The zero-order valence-corrected chi connectivity index (χ0v) is 20.3. The molecule has 0 saturated heterocycles. The first-order valence-corrected chi connectivity index (χ1v) is 12.6. The maximum atomic E-state index is 10.0. The Morgan fingerprint density at radius 1 is 1.29 bits per heavy atom. The molecule has 2 aliphatic rings. The lowest BCUT2D eigenvalue weighted by Crippen LogP contribution is -2.36. The van der Waals surface area contributed by atoms with Crippen LogP contribution in [-0.4, -0.2) is 37.4 Å². The van der Waals surface area contributed by atoms with E-state index in [1.54, 1.807) is 5.57 Å². The van der Waals surface area contributed by atoms with E-state index in [1.807, 2.05) is 18.5 Å². The van der Waals surface area contributed by atoms with Crippen molar-refractivity contribution in [2.45, 2.75) is 110 Å². The van der Waals surface area contributed by atoms with E-state index < -0.39 is 5.60 Å². The molecule has 1 heterocycles. The van der Waals surface area contributed by atoms with Crippen molar-refractivity contribution in [3.05, 3.63) is 23.5 Å². The molecule has 0 aliphatic heterocycles. The third kappa shape index (κ3) is 6.41. The third-order valence-electron chi connectivity index (χ3n) is 8.14. The van der Waals surface area contributed by atoms with Crippen molar-refractivity contribution in [3.8, 4) is 0 Å². The smallest absolute Gasteiger partial charge is 0.0827 e.